The van der Waals surface area contributed by atoms with E-state index in [0.717, 1.165) is 16.3 Å². The highest BCUT2D eigenvalue weighted by molar-refractivity contribution is 7.19. The molecule has 3 aromatic rings. The van der Waals surface area contributed by atoms with Crippen LogP contribution in [0.5, 0.6) is 0 Å². The van der Waals surface area contributed by atoms with Gasteiger partial charge in [0.15, 0.2) is 0 Å². The number of hydrogen-bond donors (Lipinski definition) is 1. The molecular formula is C12H7N3O3S. The second-order valence-corrected chi connectivity index (χ2v) is 4.71. The minimum atomic E-state index is -1.30. The van der Waals surface area contributed by atoms with Crippen molar-refractivity contribution >= 4 is 22.3 Å². The van der Waals surface area contributed by atoms with Crippen molar-refractivity contribution < 1.29 is 9.90 Å². The second-order valence-electron chi connectivity index (χ2n) is 3.75. The molecule has 0 radical (unpaired) electrons. The Morgan fingerprint density at radius 2 is 2.00 bits per heavy atom. The second kappa shape index (κ2) is 4.29. The Bertz CT molecular complexity index is 823. The van der Waals surface area contributed by atoms with Crippen LogP contribution in [0.4, 0.5) is 0 Å². The van der Waals surface area contributed by atoms with Crippen LogP contribution in [0, 0.1) is 0 Å². The van der Waals surface area contributed by atoms with Gasteiger partial charge in [-0.15, -0.1) is 0 Å². The maximum atomic E-state index is 11.9. The first kappa shape index (κ1) is 11.5. The van der Waals surface area contributed by atoms with Gasteiger partial charge in [0.05, 0.1) is 6.20 Å². The summed E-state index contributed by atoms with van der Waals surface area (Å²) in [5.74, 6) is -1.30. The Morgan fingerprint density at radius 1 is 1.26 bits per heavy atom. The van der Waals surface area contributed by atoms with Crippen molar-refractivity contribution in [3.63, 3.8) is 0 Å². The average Bonchev–Trinajstić information content (AvgIpc) is 2.85. The summed E-state index contributed by atoms with van der Waals surface area (Å²) >= 11 is 1.23. The smallest absolute Gasteiger partial charge is 0.343 e. The Morgan fingerprint density at radius 3 is 2.68 bits per heavy atom. The van der Waals surface area contributed by atoms with Gasteiger partial charge in [-0.1, -0.05) is 41.7 Å². The SMILES string of the molecule is O=C(O)c1cnc2sc(-c3ccccc3)nn2c1=O. The maximum absolute atomic E-state index is 11.9. The zero-order valence-electron chi connectivity index (χ0n) is 9.48. The van der Waals surface area contributed by atoms with E-state index in [0.29, 0.717) is 9.97 Å². The fraction of sp³-hybridized carbons (Fsp3) is 0. The van der Waals surface area contributed by atoms with E-state index in [-0.39, 0.29) is 5.56 Å². The number of rotatable bonds is 2. The zero-order chi connectivity index (χ0) is 13.4. The highest BCUT2D eigenvalue weighted by atomic mass is 32.1. The third-order valence-corrected chi connectivity index (χ3v) is 3.51. The topological polar surface area (TPSA) is 84.6 Å². The van der Waals surface area contributed by atoms with Crippen molar-refractivity contribution in [2.24, 2.45) is 0 Å². The van der Waals surface area contributed by atoms with Gasteiger partial charge in [-0.05, 0) is 0 Å². The van der Waals surface area contributed by atoms with Crippen LogP contribution in [0.15, 0.2) is 41.3 Å². The van der Waals surface area contributed by atoms with E-state index in [4.69, 9.17) is 5.11 Å². The number of fused-ring (bicyclic) bond motifs is 1. The van der Waals surface area contributed by atoms with E-state index >= 15 is 0 Å². The zero-order valence-corrected chi connectivity index (χ0v) is 10.3. The lowest BCUT2D eigenvalue weighted by molar-refractivity contribution is 0.0694. The Balaban J connectivity index is 2.25. The summed E-state index contributed by atoms with van der Waals surface area (Å²) in [6, 6.07) is 9.33. The van der Waals surface area contributed by atoms with E-state index in [9.17, 15) is 9.59 Å². The number of aromatic nitrogens is 3. The van der Waals surface area contributed by atoms with E-state index in [1.165, 1.54) is 11.3 Å². The van der Waals surface area contributed by atoms with Crippen LogP contribution in [0.25, 0.3) is 15.5 Å². The van der Waals surface area contributed by atoms with E-state index in [1.54, 1.807) is 0 Å². The van der Waals surface area contributed by atoms with Crippen molar-refractivity contribution in [1.29, 1.82) is 0 Å². The predicted molar refractivity (Wildman–Crippen MR) is 69.5 cm³/mol. The van der Waals surface area contributed by atoms with Crippen molar-refractivity contribution in [3.8, 4) is 10.6 Å². The molecular weight excluding hydrogens is 266 g/mol. The van der Waals surface area contributed by atoms with Crippen LogP contribution in [0.3, 0.4) is 0 Å². The molecule has 0 fully saturated rings. The lowest BCUT2D eigenvalue weighted by Crippen LogP contribution is -2.22. The first-order valence-electron chi connectivity index (χ1n) is 5.34. The fourth-order valence-corrected chi connectivity index (χ4v) is 2.50. The third-order valence-electron chi connectivity index (χ3n) is 2.54. The molecule has 0 spiro atoms. The molecule has 7 heteroatoms. The summed E-state index contributed by atoms with van der Waals surface area (Å²) in [5, 5.41) is 13.6. The molecule has 0 bridgehead atoms. The van der Waals surface area contributed by atoms with Crippen LogP contribution in [0.1, 0.15) is 10.4 Å². The van der Waals surface area contributed by atoms with Gasteiger partial charge in [0.1, 0.15) is 10.6 Å². The van der Waals surface area contributed by atoms with E-state index < -0.39 is 11.5 Å². The lowest BCUT2D eigenvalue weighted by atomic mass is 10.2. The van der Waals surface area contributed by atoms with Gasteiger partial charge >= 0.3 is 5.97 Å². The number of aromatic carboxylic acids is 1. The molecule has 0 aliphatic heterocycles. The Kier molecular flexibility index (Phi) is 2.60. The molecule has 94 valence electrons. The molecule has 0 unspecified atom stereocenters. The average molecular weight is 273 g/mol. The quantitative estimate of drug-likeness (QED) is 0.765. The summed E-state index contributed by atoms with van der Waals surface area (Å²) in [7, 11) is 0. The summed E-state index contributed by atoms with van der Waals surface area (Å²) in [4.78, 5) is 27.1. The molecule has 2 heterocycles. The molecule has 1 aromatic carbocycles. The highest BCUT2D eigenvalue weighted by Gasteiger charge is 2.15. The van der Waals surface area contributed by atoms with Gasteiger partial charge in [-0.25, -0.2) is 9.78 Å². The number of benzene rings is 1. The van der Waals surface area contributed by atoms with E-state index in [1.807, 2.05) is 30.3 Å². The summed E-state index contributed by atoms with van der Waals surface area (Å²) in [5.41, 5.74) is -0.201. The van der Waals surface area contributed by atoms with Crippen molar-refractivity contribution in [2.45, 2.75) is 0 Å². The molecule has 0 aliphatic carbocycles. The first-order chi connectivity index (χ1) is 9.16. The first-order valence-corrected chi connectivity index (χ1v) is 6.16. The molecule has 0 saturated carbocycles. The highest BCUT2D eigenvalue weighted by Crippen LogP contribution is 2.23. The molecule has 0 aliphatic rings. The van der Waals surface area contributed by atoms with Crippen molar-refractivity contribution in [2.75, 3.05) is 0 Å². The van der Waals surface area contributed by atoms with Crippen LogP contribution >= 0.6 is 11.3 Å². The number of carboxylic acid groups (broad SMARTS) is 1. The number of carbonyl (C=O) groups is 1. The minimum Gasteiger partial charge on any atom is -0.477 e. The molecule has 0 saturated heterocycles. The number of nitrogens with zero attached hydrogens (tertiary/aromatic N) is 3. The summed E-state index contributed by atoms with van der Waals surface area (Å²) in [6.07, 6.45) is 1.06. The summed E-state index contributed by atoms with van der Waals surface area (Å²) < 4.78 is 1.02. The lowest BCUT2D eigenvalue weighted by Gasteiger charge is -1.93. The minimum absolute atomic E-state index is 0.369. The largest absolute Gasteiger partial charge is 0.477 e. The molecule has 0 atom stereocenters. The van der Waals surface area contributed by atoms with Crippen LogP contribution in [0.2, 0.25) is 0 Å². The van der Waals surface area contributed by atoms with Gasteiger partial charge < -0.3 is 5.11 Å². The van der Waals surface area contributed by atoms with Gasteiger partial charge in [0.2, 0.25) is 4.96 Å². The van der Waals surface area contributed by atoms with Gasteiger partial charge in [0.25, 0.3) is 5.56 Å². The Labute approximate surface area is 110 Å². The van der Waals surface area contributed by atoms with Crippen LogP contribution < -0.4 is 5.56 Å². The summed E-state index contributed by atoms with van der Waals surface area (Å²) in [6.45, 7) is 0. The maximum Gasteiger partial charge on any atom is 0.343 e. The molecule has 1 N–H and O–H groups in total. The molecule has 0 amide bonds. The number of hydrogen-bond acceptors (Lipinski definition) is 5. The van der Waals surface area contributed by atoms with Gasteiger partial charge in [-0.2, -0.15) is 9.61 Å². The third kappa shape index (κ3) is 1.89. The van der Waals surface area contributed by atoms with Crippen molar-refractivity contribution in [1.82, 2.24) is 14.6 Å². The standard InChI is InChI=1S/C12H7N3O3S/c16-10-8(11(17)18)6-13-12-15(10)14-9(19-12)7-4-2-1-3-5-7/h1-6H,(H,17,18). The van der Waals surface area contributed by atoms with Gasteiger partial charge in [-0.3, -0.25) is 4.79 Å². The molecule has 2 aromatic heterocycles. The molecule has 3 rings (SSSR count). The van der Waals surface area contributed by atoms with Crippen LogP contribution in [-0.4, -0.2) is 25.7 Å². The predicted octanol–water partition coefficient (Wildman–Crippen LogP) is 1.52. The molecule has 6 nitrogen and oxygen atoms in total. The van der Waals surface area contributed by atoms with E-state index in [2.05, 4.69) is 10.1 Å². The Hall–Kier alpha value is -2.54. The number of carboxylic acids is 1. The van der Waals surface area contributed by atoms with Crippen molar-refractivity contribution in [3.05, 3.63) is 52.4 Å². The fourth-order valence-electron chi connectivity index (χ4n) is 1.63. The molecule has 19 heavy (non-hydrogen) atoms. The van der Waals surface area contributed by atoms with Crippen LogP contribution in [-0.2, 0) is 0 Å². The normalized spacial score (nSPS) is 10.7. The monoisotopic (exact) mass is 273 g/mol. The van der Waals surface area contributed by atoms with Gasteiger partial charge in [0, 0.05) is 5.56 Å².